The average Bonchev–Trinajstić information content (AvgIpc) is 2.09. The number of hydrogen-bond donors (Lipinski definition) is 1. The molecule has 0 heterocycles. The maximum absolute atomic E-state index is 3.65. The topological polar surface area (TPSA) is 12.0 Å². The highest BCUT2D eigenvalue weighted by molar-refractivity contribution is 5.25. The summed E-state index contributed by atoms with van der Waals surface area (Å²) in [5, 5.41) is 3.27. The van der Waals surface area contributed by atoms with Gasteiger partial charge in [-0.1, -0.05) is 30.3 Å². The smallest absolute Gasteiger partial charge is 0.0211 e. The molecule has 0 atom stereocenters. The fraction of sp³-hybridized carbons (Fsp3) is 0.273. The molecule has 64 valence electrons. The van der Waals surface area contributed by atoms with Crippen molar-refractivity contribution in [2.45, 2.75) is 13.5 Å². The third kappa shape index (κ3) is 2.51. The van der Waals surface area contributed by atoms with E-state index in [9.17, 15) is 0 Å². The van der Waals surface area contributed by atoms with Crippen molar-refractivity contribution in [1.82, 2.24) is 5.32 Å². The van der Waals surface area contributed by atoms with Gasteiger partial charge in [0.05, 0.1) is 0 Å². The first-order chi connectivity index (χ1) is 5.84. The molecule has 0 aliphatic heterocycles. The Morgan fingerprint density at radius 2 is 2.17 bits per heavy atom. The first-order valence-electron chi connectivity index (χ1n) is 4.20. The molecule has 0 amide bonds. The molecular formula is C11H15N. The summed E-state index contributed by atoms with van der Waals surface area (Å²) in [4.78, 5) is 0. The Labute approximate surface area is 74.1 Å². The Morgan fingerprint density at radius 3 is 2.83 bits per heavy atom. The van der Waals surface area contributed by atoms with E-state index in [4.69, 9.17) is 0 Å². The van der Waals surface area contributed by atoms with Gasteiger partial charge in [-0.15, -0.1) is 6.58 Å². The molecule has 0 unspecified atom stereocenters. The van der Waals surface area contributed by atoms with Gasteiger partial charge in [-0.3, -0.25) is 0 Å². The second kappa shape index (κ2) is 4.73. The van der Waals surface area contributed by atoms with Crippen molar-refractivity contribution < 1.29 is 0 Å². The van der Waals surface area contributed by atoms with E-state index in [0.29, 0.717) is 0 Å². The van der Waals surface area contributed by atoms with Crippen LogP contribution in [0.25, 0.3) is 0 Å². The van der Waals surface area contributed by atoms with Crippen molar-refractivity contribution in [3.63, 3.8) is 0 Å². The van der Waals surface area contributed by atoms with Crippen molar-refractivity contribution in [3.8, 4) is 0 Å². The molecule has 1 aromatic rings. The quantitative estimate of drug-likeness (QED) is 0.527. The molecule has 12 heavy (non-hydrogen) atoms. The Bertz CT molecular complexity index is 253. The molecule has 1 nitrogen and oxygen atoms in total. The molecule has 0 aliphatic carbocycles. The predicted molar refractivity (Wildman–Crippen MR) is 53.1 cm³/mol. The third-order valence-corrected chi connectivity index (χ3v) is 1.87. The Hall–Kier alpha value is -1.08. The molecule has 0 saturated carbocycles. The number of rotatable bonds is 4. The van der Waals surface area contributed by atoms with Gasteiger partial charge in [-0.25, -0.2) is 0 Å². The van der Waals surface area contributed by atoms with Crippen molar-refractivity contribution in [2.24, 2.45) is 0 Å². The minimum absolute atomic E-state index is 0.869. The summed E-state index contributed by atoms with van der Waals surface area (Å²) in [7, 11) is 0. The largest absolute Gasteiger partial charge is 0.309 e. The fourth-order valence-electron chi connectivity index (χ4n) is 1.12. The lowest BCUT2D eigenvalue weighted by molar-refractivity contribution is 0.756. The van der Waals surface area contributed by atoms with Gasteiger partial charge in [-0.2, -0.15) is 0 Å². The van der Waals surface area contributed by atoms with Gasteiger partial charge < -0.3 is 5.32 Å². The third-order valence-electron chi connectivity index (χ3n) is 1.87. The summed E-state index contributed by atoms with van der Waals surface area (Å²) in [5.41, 5.74) is 2.70. The Morgan fingerprint density at radius 1 is 1.42 bits per heavy atom. The van der Waals surface area contributed by atoms with Crippen LogP contribution in [0.2, 0.25) is 0 Å². The normalized spacial score (nSPS) is 9.75. The summed E-state index contributed by atoms with van der Waals surface area (Å²) >= 11 is 0. The monoisotopic (exact) mass is 161 g/mol. The van der Waals surface area contributed by atoms with E-state index < -0.39 is 0 Å². The van der Waals surface area contributed by atoms with Gasteiger partial charge in [0.1, 0.15) is 0 Å². The maximum Gasteiger partial charge on any atom is 0.0211 e. The van der Waals surface area contributed by atoms with Crippen LogP contribution in [0.4, 0.5) is 0 Å². The zero-order valence-electron chi connectivity index (χ0n) is 7.51. The van der Waals surface area contributed by atoms with E-state index in [0.717, 1.165) is 13.1 Å². The van der Waals surface area contributed by atoms with E-state index in [1.807, 2.05) is 6.08 Å². The molecule has 1 N–H and O–H groups in total. The minimum Gasteiger partial charge on any atom is -0.309 e. The van der Waals surface area contributed by atoms with Crippen LogP contribution in [0.5, 0.6) is 0 Å². The van der Waals surface area contributed by atoms with Crippen LogP contribution in [0.3, 0.4) is 0 Å². The molecule has 0 saturated heterocycles. The molecule has 1 heteroatoms. The molecule has 0 spiro atoms. The molecule has 0 aliphatic rings. The van der Waals surface area contributed by atoms with Crippen LogP contribution in [-0.4, -0.2) is 6.54 Å². The van der Waals surface area contributed by atoms with E-state index in [1.165, 1.54) is 11.1 Å². The second-order valence-electron chi connectivity index (χ2n) is 2.85. The molecule has 1 aromatic carbocycles. The van der Waals surface area contributed by atoms with Gasteiger partial charge in [0, 0.05) is 13.1 Å². The van der Waals surface area contributed by atoms with E-state index in [-0.39, 0.29) is 0 Å². The number of aryl methyl sites for hydroxylation is 1. The van der Waals surface area contributed by atoms with Crippen LogP contribution in [0.15, 0.2) is 36.9 Å². The highest BCUT2D eigenvalue weighted by Crippen LogP contribution is 2.05. The zero-order valence-corrected chi connectivity index (χ0v) is 7.51. The lowest BCUT2D eigenvalue weighted by Gasteiger charge is -2.04. The molecule has 1 rings (SSSR count). The molecule has 0 bridgehead atoms. The van der Waals surface area contributed by atoms with Crippen molar-refractivity contribution in [2.75, 3.05) is 6.54 Å². The Kier molecular flexibility index (Phi) is 3.55. The summed E-state index contributed by atoms with van der Waals surface area (Å²) in [5.74, 6) is 0. The van der Waals surface area contributed by atoms with Crippen LogP contribution >= 0.6 is 0 Å². The first-order valence-corrected chi connectivity index (χ1v) is 4.20. The Balaban J connectivity index is 2.51. The van der Waals surface area contributed by atoms with E-state index in [1.54, 1.807) is 0 Å². The average molecular weight is 161 g/mol. The van der Waals surface area contributed by atoms with Gasteiger partial charge in [-0.05, 0) is 18.1 Å². The number of benzene rings is 1. The van der Waals surface area contributed by atoms with Crippen LogP contribution in [-0.2, 0) is 6.54 Å². The van der Waals surface area contributed by atoms with Crippen molar-refractivity contribution in [3.05, 3.63) is 48.0 Å². The van der Waals surface area contributed by atoms with Gasteiger partial charge >= 0.3 is 0 Å². The molecule has 0 radical (unpaired) electrons. The lowest BCUT2D eigenvalue weighted by Crippen LogP contribution is -2.13. The minimum atomic E-state index is 0.869. The number of hydrogen-bond acceptors (Lipinski definition) is 1. The molecule has 0 fully saturated rings. The van der Waals surface area contributed by atoms with E-state index >= 15 is 0 Å². The highest BCUT2D eigenvalue weighted by Gasteiger charge is 1.93. The van der Waals surface area contributed by atoms with Crippen LogP contribution in [0.1, 0.15) is 11.1 Å². The van der Waals surface area contributed by atoms with E-state index in [2.05, 4.69) is 43.1 Å². The second-order valence-corrected chi connectivity index (χ2v) is 2.85. The van der Waals surface area contributed by atoms with Crippen molar-refractivity contribution in [1.29, 1.82) is 0 Å². The van der Waals surface area contributed by atoms with Crippen LogP contribution in [0, 0.1) is 6.92 Å². The van der Waals surface area contributed by atoms with Crippen molar-refractivity contribution >= 4 is 0 Å². The highest BCUT2D eigenvalue weighted by atomic mass is 14.8. The molecule has 0 aromatic heterocycles. The number of nitrogens with one attached hydrogen (secondary N) is 1. The summed E-state index contributed by atoms with van der Waals surface area (Å²) in [6.45, 7) is 7.58. The fourth-order valence-corrected chi connectivity index (χ4v) is 1.12. The van der Waals surface area contributed by atoms with Gasteiger partial charge in [0.15, 0.2) is 0 Å². The van der Waals surface area contributed by atoms with Gasteiger partial charge in [0.2, 0.25) is 0 Å². The predicted octanol–water partition coefficient (Wildman–Crippen LogP) is 2.27. The summed E-state index contributed by atoms with van der Waals surface area (Å²) in [6.07, 6.45) is 1.87. The standard InChI is InChI=1S/C11H15N/c1-3-8-12-9-11-7-5-4-6-10(11)2/h3-7,12H,1,8-9H2,2H3. The molecular weight excluding hydrogens is 146 g/mol. The maximum atomic E-state index is 3.65. The zero-order chi connectivity index (χ0) is 8.81. The SMILES string of the molecule is C=CCNCc1ccccc1C. The van der Waals surface area contributed by atoms with Gasteiger partial charge in [0.25, 0.3) is 0 Å². The summed E-state index contributed by atoms with van der Waals surface area (Å²) < 4.78 is 0. The summed E-state index contributed by atoms with van der Waals surface area (Å²) in [6, 6.07) is 8.40. The first kappa shape index (κ1) is 9.01. The lowest BCUT2D eigenvalue weighted by atomic mass is 10.1. The van der Waals surface area contributed by atoms with Crippen LogP contribution < -0.4 is 5.32 Å².